The Morgan fingerprint density at radius 1 is 1.09 bits per heavy atom. The number of nitrogens with zero attached hydrogens (tertiary/aromatic N) is 2. The molecule has 1 saturated carbocycles. The fourth-order valence-electron chi connectivity index (χ4n) is 4.33. The van der Waals surface area contributed by atoms with E-state index in [9.17, 15) is 23.1 Å². The molecule has 0 spiro atoms. The Kier molecular flexibility index (Phi) is 5.36. The van der Waals surface area contributed by atoms with Crippen molar-refractivity contribution in [2.75, 3.05) is 0 Å². The van der Waals surface area contributed by atoms with Crippen LogP contribution in [0, 0.1) is 0 Å². The predicted octanol–water partition coefficient (Wildman–Crippen LogP) is 5.54. The summed E-state index contributed by atoms with van der Waals surface area (Å²) in [5.41, 5.74) is -0.344. The summed E-state index contributed by atoms with van der Waals surface area (Å²) in [6.07, 6.45) is -3.84. The lowest BCUT2D eigenvalue weighted by atomic mass is 9.95. The van der Waals surface area contributed by atoms with Crippen LogP contribution in [0.15, 0.2) is 66.9 Å². The number of carbonyl (C=O) groups is 1. The molecule has 2 heterocycles. The second kappa shape index (κ2) is 8.25. The summed E-state index contributed by atoms with van der Waals surface area (Å²) >= 11 is 0. The molecule has 2 atom stereocenters. The minimum absolute atomic E-state index is 0.170. The van der Waals surface area contributed by atoms with Gasteiger partial charge in [-0.2, -0.15) is 13.2 Å². The molecule has 0 radical (unpaired) electrons. The third kappa shape index (κ3) is 4.03. The zero-order valence-corrected chi connectivity index (χ0v) is 17.8. The van der Waals surface area contributed by atoms with Gasteiger partial charge in [-0.3, -0.25) is 4.79 Å². The van der Waals surface area contributed by atoms with E-state index in [0.29, 0.717) is 22.4 Å². The Balaban J connectivity index is 1.34. The largest absolute Gasteiger partial charge is 0.439 e. The quantitative estimate of drug-likeness (QED) is 0.376. The average Bonchev–Trinajstić information content (AvgIpc) is 3.44. The molecule has 1 aliphatic rings. The van der Waals surface area contributed by atoms with Gasteiger partial charge in [0.25, 0.3) is 0 Å². The average molecular weight is 467 g/mol. The fraction of sp³-hybridized carbons (Fsp3) is 0.240. The topological polar surface area (TPSA) is 88.1 Å². The monoisotopic (exact) mass is 467 g/mol. The van der Waals surface area contributed by atoms with Gasteiger partial charge in [-0.1, -0.05) is 18.2 Å². The number of ether oxygens (including phenoxy) is 1. The molecule has 2 aromatic carbocycles. The molecule has 174 valence electrons. The molecule has 2 N–H and O–H groups in total. The zero-order chi connectivity index (χ0) is 23.9. The number of para-hydroxylation sites is 2. The van der Waals surface area contributed by atoms with E-state index < -0.39 is 24.1 Å². The highest BCUT2D eigenvalue weighted by molar-refractivity contribution is 6.08. The van der Waals surface area contributed by atoms with Crippen LogP contribution in [0.5, 0.6) is 11.6 Å². The maximum absolute atomic E-state index is 13.2. The minimum atomic E-state index is -4.69. The van der Waals surface area contributed by atoms with Gasteiger partial charge < -0.3 is 14.8 Å². The number of fused-ring (bicyclic) bond motifs is 1. The van der Waals surface area contributed by atoms with Crippen molar-refractivity contribution in [3.63, 3.8) is 0 Å². The molecule has 9 heteroatoms. The fourth-order valence-corrected chi connectivity index (χ4v) is 4.33. The number of aromatic amines is 1. The third-order valence-electron chi connectivity index (χ3n) is 6.19. The van der Waals surface area contributed by atoms with Gasteiger partial charge in [0.2, 0.25) is 11.7 Å². The third-order valence-corrected chi connectivity index (χ3v) is 6.19. The smallest absolute Gasteiger partial charge is 0.417 e. The number of pyridine rings is 1. The lowest BCUT2D eigenvalue weighted by molar-refractivity contribution is -0.257. The van der Waals surface area contributed by atoms with Crippen molar-refractivity contribution in [3.05, 3.63) is 83.8 Å². The van der Waals surface area contributed by atoms with Crippen LogP contribution in [0.2, 0.25) is 0 Å². The highest BCUT2D eigenvalue weighted by Gasteiger charge is 2.57. The Bertz CT molecular complexity index is 1320. The number of imidazole rings is 1. The van der Waals surface area contributed by atoms with E-state index in [2.05, 4.69) is 15.0 Å². The molecule has 2 aromatic heterocycles. The highest BCUT2D eigenvalue weighted by atomic mass is 19.4. The van der Waals surface area contributed by atoms with Crippen LogP contribution in [0.25, 0.3) is 11.0 Å². The first-order valence-corrected chi connectivity index (χ1v) is 10.7. The summed E-state index contributed by atoms with van der Waals surface area (Å²) in [5.74, 6) is -0.0383. The molecule has 34 heavy (non-hydrogen) atoms. The van der Waals surface area contributed by atoms with Crippen LogP contribution >= 0.6 is 0 Å². The van der Waals surface area contributed by atoms with E-state index in [-0.39, 0.29) is 30.3 Å². The molecule has 0 aliphatic heterocycles. The molecular weight excluding hydrogens is 447 g/mol. The number of aromatic nitrogens is 3. The van der Waals surface area contributed by atoms with Crippen molar-refractivity contribution in [2.24, 2.45) is 0 Å². The summed E-state index contributed by atoms with van der Waals surface area (Å²) in [6.45, 7) is 0. The highest BCUT2D eigenvalue weighted by Crippen LogP contribution is 2.50. The van der Waals surface area contributed by atoms with Crippen molar-refractivity contribution in [1.82, 2.24) is 15.0 Å². The van der Waals surface area contributed by atoms with E-state index in [1.165, 1.54) is 6.20 Å². The Morgan fingerprint density at radius 2 is 1.85 bits per heavy atom. The van der Waals surface area contributed by atoms with Crippen LogP contribution in [-0.2, 0) is 0 Å². The molecule has 6 nitrogen and oxygen atoms in total. The summed E-state index contributed by atoms with van der Waals surface area (Å²) in [5, 5.41) is 10.0. The number of nitrogens with one attached hydrogen (secondary N) is 1. The molecule has 0 saturated heterocycles. The van der Waals surface area contributed by atoms with Crippen LogP contribution in [-0.4, -0.2) is 37.6 Å². The van der Waals surface area contributed by atoms with Gasteiger partial charge in [0.05, 0.1) is 11.0 Å². The standard InChI is InChI=1S/C25H20F3N3O3/c26-25(27,28)24(33)12-11-16(14-24)18-4-3-13-29-23(18)34-17-9-7-15(8-10-17)21(32)22-30-19-5-1-2-6-20(19)31-22/h1-10,13,16,33H,11-12,14H2,(H,30,31)/t16-,24?/m0/s1. The van der Waals surface area contributed by atoms with Gasteiger partial charge in [0, 0.05) is 17.3 Å². The second-order valence-corrected chi connectivity index (χ2v) is 8.42. The second-order valence-electron chi connectivity index (χ2n) is 8.42. The number of hydrogen-bond acceptors (Lipinski definition) is 5. The molecule has 1 aliphatic carbocycles. The predicted molar refractivity (Wildman–Crippen MR) is 118 cm³/mol. The van der Waals surface area contributed by atoms with Crippen LogP contribution in [0.1, 0.15) is 46.9 Å². The summed E-state index contributed by atoms with van der Waals surface area (Å²) in [7, 11) is 0. The van der Waals surface area contributed by atoms with Gasteiger partial charge in [-0.25, -0.2) is 9.97 Å². The van der Waals surface area contributed by atoms with Crippen LogP contribution < -0.4 is 4.74 Å². The van der Waals surface area contributed by atoms with Gasteiger partial charge in [0.1, 0.15) is 5.75 Å². The number of H-pyrrole nitrogens is 1. The van der Waals surface area contributed by atoms with Gasteiger partial charge in [0.15, 0.2) is 11.4 Å². The number of aliphatic hydroxyl groups is 1. The number of carbonyl (C=O) groups excluding carboxylic acids is 1. The molecule has 1 fully saturated rings. The van der Waals surface area contributed by atoms with Crippen molar-refractivity contribution in [1.29, 1.82) is 0 Å². The maximum Gasteiger partial charge on any atom is 0.417 e. The van der Waals surface area contributed by atoms with E-state index in [1.807, 2.05) is 24.3 Å². The first-order chi connectivity index (χ1) is 16.2. The van der Waals surface area contributed by atoms with Crippen molar-refractivity contribution >= 4 is 16.8 Å². The van der Waals surface area contributed by atoms with E-state index in [1.54, 1.807) is 36.4 Å². The van der Waals surface area contributed by atoms with Gasteiger partial charge in [-0.15, -0.1) is 0 Å². The number of benzene rings is 2. The molecule has 4 aromatic rings. The maximum atomic E-state index is 13.2. The summed E-state index contributed by atoms with van der Waals surface area (Å²) < 4.78 is 45.6. The molecular formula is C25H20F3N3O3. The van der Waals surface area contributed by atoms with Gasteiger partial charge in [-0.05, 0) is 67.6 Å². The Hall–Kier alpha value is -3.72. The number of rotatable bonds is 5. The first kappa shape index (κ1) is 22.1. The molecule has 5 rings (SSSR count). The number of hydrogen-bond donors (Lipinski definition) is 2. The number of alkyl halides is 3. The number of halogens is 3. The summed E-state index contributed by atoms with van der Waals surface area (Å²) in [4.78, 5) is 24.3. The van der Waals surface area contributed by atoms with E-state index in [4.69, 9.17) is 4.74 Å². The molecule has 1 unspecified atom stereocenters. The lowest BCUT2D eigenvalue weighted by Crippen LogP contribution is -2.42. The zero-order valence-electron chi connectivity index (χ0n) is 17.8. The number of ketones is 1. The van der Waals surface area contributed by atoms with Crippen LogP contribution in [0.3, 0.4) is 0 Å². The van der Waals surface area contributed by atoms with Crippen molar-refractivity contribution in [3.8, 4) is 11.6 Å². The van der Waals surface area contributed by atoms with Gasteiger partial charge >= 0.3 is 6.18 Å². The molecule has 0 amide bonds. The molecule has 0 bridgehead atoms. The Labute approximate surface area is 192 Å². The lowest BCUT2D eigenvalue weighted by Gasteiger charge is -2.26. The van der Waals surface area contributed by atoms with Crippen LogP contribution in [0.4, 0.5) is 13.2 Å². The normalized spacial score (nSPS) is 20.5. The van der Waals surface area contributed by atoms with E-state index in [0.717, 1.165) is 5.52 Å². The van der Waals surface area contributed by atoms with Crippen molar-refractivity contribution in [2.45, 2.75) is 37.0 Å². The first-order valence-electron chi connectivity index (χ1n) is 10.7. The SMILES string of the molecule is O=C(c1ccc(Oc2ncccc2[C@H]2CCC(O)(C(F)(F)F)C2)cc1)c1nc2ccccc2[nH]1. The summed E-state index contributed by atoms with van der Waals surface area (Å²) in [6, 6.07) is 17.0. The Morgan fingerprint density at radius 3 is 2.56 bits per heavy atom. The minimum Gasteiger partial charge on any atom is -0.439 e. The van der Waals surface area contributed by atoms with E-state index >= 15 is 0 Å². The van der Waals surface area contributed by atoms with Crippen molar-refractivity contribution < 1.29 is 27.8 Å².